The number of ether oxygens (including phenoxy) is 1. The van der Waals surface area contributed by atoms with E-state index >= 15 is 0 Å². The summed E-state index contributed by atoms with van der Waals surface area (Å²) in [7, 11) is 1.46. The summed E-state index contributed by atoms with van der Waals surface area (Å²) in [6.45, 7) is 0. The Labute approximate surface area is 166 Å². The van der Waals surface area contributed by atoms with Crippen LogP contribution in [0.3, 0.4) is 0 Å². The number of nitrogens with zero attached hydrogens (tertiary/aromatic N) is 2. The van der Waals surface area contributed by atoms with Gasteiger partial charge < -0.3 is 20.9 Å². The number of phenolic OH excluding ortho intramolecular Hbond substituents is 1. The number of nitrogen functional groups attached to an aromatic ring is 1. The van der Waals surface area contributed by atoms with Crippen molar-refractivity contribution in [1.82, 2.24) is 9.97 Å². The van der Waals surface area contributed by atoms with Crippen LogP contribution in [0.2, 0.25) is 0 Å². The number of amides is 1. The molecule has 7 heteroatoms. The standard InChI is InChI=1S/C22H18N4O3/c1-29-19-12-17-16(11-18(19)27)20(26-22(23)25-17)14-8-5-9-15(10-14)24-21(28)13-6-3-2-4-7-13/h2-12,27H,1H3,(H,24,28)(H2,23,25,26). The second-order valence-corrected chi connectivity index (χ2v) is 6.37. The van der Waals surface area contributed by atoms with E-state index in [2.05, 4.69) is 15.3 Å². The van der Waals surface area contributed by atoms with Gasteiger partial charge in [0.15, 0.2) is 11.5 Å². The van der Waals surface area contributed by atoms with Crippen molar-refractivity contribution in [3.63, 3.8) is 0 Å². The molecule has 4 aromatic rings. The molecule has 0 saturated heterocycles. The van der Waals surface area contributed by atoms with E-state index in [-0.39, 0.29) is 17.6 Å². The first kappa shape index (κ1) is 18.2. The number of nitrogens with two attached hydrogens (primary N) is 1. The van der Waals surface area contributed by atoms with E-state index in [9.17, 15) is 9.90 Å². The first-order valence-corrected chi connectivity index (χ1v) is 8.86. The summed E-state index contributed by atoms with van der Waals surface area (Å²) in [5.74, 6) is 0.157. The van der Waals surface area contributed by atoms with Crippen molar-refractivity contribution in [2.45, 2.75) is 0 Å². The van der Waals surface area contributed by atoms with Crippen LogP contribution in [0.15, 0.2) is 66.7 Å². The molecule has 144 valence electrons. The van der Waals surface area contributed by atoms with E-state index in [1.165, 1.54) is 13.2 Å². The van der Waals surface area contributed by atoms with E-state index < -0.39 is 0 Å². The van der Waals surface area contributed by atoms with Gasteiger partial charge >= 0.3 is 0 Å². The summed E-state index contributed by atoms with van der Waals surface area (Å²) in [5.41, 5.74) is 8.87. The average molecular weight is 386 g/mol. The SMILES string of the molecule is COc1cc2nc(N)nc(-c3cccc(NC(=O)c4ccccc4)c3)c2cc1O. The lowest BCUT2D eigenvalue weighted by atomic mass is 10.0. The minimum Gasteiger partial charge on any atom is -0.504 e. The quantitative estimate of drug-likeness (QED) is 0.491. The van der Waals surface area contributed by atoms with E-state index in [0.717, 1.165) is 5.56 Å². The lowest BCUT2D eigenvalue weighted by Crippen LogP contribution is -2.11. The second-order valence-electron chi connectivity index (χ2n) is 6.37. The van der Waals surface area contributed by atoms with Crippen LogP contribution in [-0.4, -0.2) is 28.1 Å². The van der Waals surface area contributed by atoms with Crippen LogP contribution in [0.5, 0.6) is 11.5 Å². The van der Waals surface area contributed by atoms with Gasteiger partial charge in [-0.15, -0.1) is 0 Å². The molecule has 3 aromatic carbocycles. The van der Waals surface area contributed by atoms with Crippen LogP contribution in [0, 0.1) is 0 Å². The van der Waals surface area contributed by atoms with Gasteiger partial charge in [0.25, 0.3) is 5.91 Å². The minimum atomic E-state index is -0.211. The zero-order valence-corrected chi connectivity index (χ0v) is 15.6. The molecule has 1 amide bonds. The Bertz CT molecular complexity index is 1210. The largest absolute Gasteiger partial charge is 0.504 e. The molecule has 1 heterocycles. The normalized spacial score (nSPS) is 10.7. The molecule has 0 atom stereocenters. The lowest BCUT2D eigenvalue weighted by Gasteiger charge is -2.11. The molecule has 0 spiro atoms. The van der Waals surface area contributed by atoms with E-state index in [0.29, 0.717) is 33.6 Å². The van der Waals surface area contributed by atoms with Crippen molar-refractivity contribution >= 4 is 28.4 Å². The molecule has 7 nitrogen and oxygen atoms in total. The Balaban J connectivity index is 1.76. The lowest BCUT2D eigenvalue weighted by molar-refractivity contribution is 0.102. The molecule has 4 rings (SSSR count). The fourth-order valence-corrected chi connectivity index (χ4v) is 3.08. The molecule has 0 unspecified atom stereocenters. The molecule has 0 aliphatic heterocycles. The van der Waals surface area contributed by atoms with Crippen molar-refractivity contribution in [3.8, 4) is 22.8 Å². The average Bonchev–Trinajstić information content (AvgIpc) is 2.74. The number of fused-ring (bicyclic) bond motifs is 1. The van der Waals surface area contributed by atoms with E-state index in [4.69, 9.17) is 10.5 Å². The topological polar surface area (TPSA) is 110 Å². The van der Waals surface area contributed by atoms with Crippen molar-refractivity contribution in [3.05, 3.63) is 72.3 Å². The van der Waals surface area contributed by atoms with Crippen LogP contribution in [0.1, 0.15) is 10.4 Å². The summed E-state index contributed by atoms with van der Waals surface area (Å²) >= 11 is 0. The molecule has 0 bridgehead atoms. The molecule has 4 N–H and O–H groups in total. The monoisotopic (exact) mass is 386 g/mol. The first-order valence-electron chi connectivity index (χ1n) is 8.86. The fourth-order valence-electron chi connectivity index (χ4n) is 3.08. The third-order valence-corrected chi connectivity index (χ3v) is 4.44. The Morgan fingerprint density at radius 1 is 1.03 bits per heavy atom. The number of hydrogen-bond donors (Lipinski definition) is 3. The highest BCUT2D eigenvalue weighted by Gasteiger charge is 2.14. The van der Waals surface area contributed by atoms with Crippen LogP contribution in [-0.2, 0) is 0 Å². The summed E-state index contributed by atoms with van der Waals surface area (Å²) in [5, 5.41) is 13.7. The number of carbonyl (C=O) groups excluding carboxylic acids is 1. The highest BCUT2D eigenvalue weighted by Crippen LogP contribution is 2.35. The van der Waals surface area contributed by atoms with E-state index in [1.54, 1.807) is 30.3 Å². The molecule has 0 aliphatic rings. The number of methoxy groups -OCH3 is 1. The Morgan fingerprint density at radius 3 is 2.59 bits per heavy atom. The van der Waals surface area contributed by atoms with Gasteiger partial charge in [-0.25, -0.2) is 9.97 Å². The summed E-state index contributed by atoms with van der Waals surface area (Å²) < 4.78 is 5.14. The number of aromatic nitrogens is 2. The minimum absolute atomic E-state index is 0.0249. The van der Waals surface area contributed by atoms with Crippen molar-refractivity contribution in [2.75, 3.05) is 18.2 Å². The highest BCUT2D eigenvalue weighted by atomic mass is 16.5. The summed E-state index contributed by atoms with van der Waals surface area (Å²) in [6, 6.07) is 19.3. The first-order chi connectivity index (χ1) is 14.0. The Kier molecular flexibility index (Phi) is 4.70. The van der Waals surface area contributed by atoms with Gasteiger partial charge in [-0.3, -0.25) is 4.79 Å². The number of benzene rings is 3. The van der Waals surface area contributed by atoms with Crippen molar-refractivity contribution in [1.29, 1.82) is 0 Å². The van der Waals surface area contributed by atoms with Crippen LogP contribution < -0.4 is 15.8 Å². The van der Waals surface area contributed by atoms with Crippen LogP contribution in [0.4, 0.5) is 11.6 Å². The highest BCUT2D eigenvalue weighted by molar-refractivity contribution is 6.04. The van der Waals surface area contributed by atoms with Gasteiger partial charge in [-0.2, -0.15) is 0 Å². The molecule has 0 aliphatic carbocycles. The molecule has 29 heavy (non-hydrogen) atoms. The maximum Gasteiger partial charge on any atom is 0.255 e. The number of carbonyl (C=O) groups is 1. The maximum atomic E-state index is 12.4. The Morgan fingerprint density at radius 2 is 1.83 bits per heavy atom. The number of rotatable bonds is 4. The summed E-state index contributed by atoms with van der Waals surface area (Å²) in [6.07, 6.45) is 0. The predicted molar refractivity (Wildman–Crippen MR) is 112 cm³/mol. The number of aromatic hydroxyl groups is 1. The zero-order valence-electron chi connectivity index (χ0n) is 15.6. The molecular weight excluding hydrogens is 368 g/mol. The molecular formula is C22H18N4O3. The number of nitrogens with one attached hydrogen (secondary N) is 1. The number of anilines is 2. The van der Waals surface area contributed by atoms with Gasteiger partial charge in [-0.1, -0.05) is 30.3 Å². The van der Waals surface area contributed by atoms with Gasteiger partial charge in [0.2, 0.25) is 5.95 Å². The second kappa shape index (κ2) is 7.47. The third-order valence-electron chi connectivity index (χ3n) is 4.44. The summed E-state index contributed by atoms with van der Waals surface area (Å²) in [4.78, 5) is 21.0. The van der Waals surface area contributed by atoms with Crippen molar-refractivity contribution in [2.24, 2.45) is 0 Å². The van der Waals surface area contributed by atoms with Gasteiger partial charge in [0, 0.05) is 28.3 Å². The Hall–Kier alpha value is -4.13. The van der Waals surface area contributed by atoms with E-state index in [1.807, 2.05) is 30.3 Å². The molecule has 0 saturated carbocycles. The van der Waals surface area contributed by atoms with Gasteiger partial charge in [0.05, 0.1) is 18.3 Å². The maximum absolute atomic E-state index is 12.4. The van der Waals surface area contributed by atoms with Crippen LogP contribution >= 0.6 is 0 Å². The molecule has 0 fully saturated rings. The zero-order chi connectivity index (χ0) is 20.4. The molecule has 0 radical (unpaired) electrons. The molecule has 1 aromatic heterocycles. The van der Waals surface area contributed by atoms with Gasteiger partial charge in [-0.05, 0) is 30.3 Å². The predicted octanol–water partition coefficient (Wildman–Crippen LogP) is 3.85. The number of hydrogen-bond acceptors (Lipinski definition) is 6. The van der Waals surface area contributed by atoms with Crippen molar-refractivity contribution < 1.29 is 14.6 Å². The van der Waals surface area contributed by atoms with Crippen LogP contribution in [0.25, 0.3) is 22.2 Å². The van der Waals surface area contributed by atoms with Gasteiger partial charge in [0.1, 0.15) is 0 Å². The smallest absolute Gasteiger partial charge is 0.255 e. The fraction of sp³-hybridized carbons (Fsp3) is 0.0455. The third kappa shape index (κ3) is 3.66. The number of phenols is 1.